The van der Waals surface area contributed by atoms with Crippen LogP contribution in [0.15, 0.2) is 72.4 Å². The Morgan fingerprint density at radius 1 is 1.14 bits per heavy atom. The Bertz CT molecular complexity index is 1060. The van der Waals surface area contributed by atoms with Gasteiger partial charge in [0.1, 0.15) is 0 Å². The fourth-order valence-corrected chi connectivity index (χ4v) is 6.47. The molecular weight excluding hydrogens is 452 g/mol. The maximum Gasteiger partial charge on any atom is 0.317 e. The number of nitrogens with one attached hydrogen (secondary N) is 1. The molecule has 1 unspecified atom stereocenters. The van der Waals surface area contributed by atoms with Gasteiger partial charge in [0.25, 0.3) is 0 Å². The Labute approximate surface area is 225 Å². The third kappa shape index (κ3) is 6.74. The molecule has 198 valence electrons. The summed E-state index contributed by atoms with van der Waals surface area (Å²) in [6.07, 6.45) is 22.1. The van der Waals surface area contributed by atoms with Gasteiger partial charge in [0, 0.05) is 25.0 Å². The Hall–Kier alpha value is -2.81. The first-order valence-electron chi connectivity index (χ1n) is 14.5. The van der Waals surface area contributed by atoms with Crippen LogP contribution in [0.25, 0.3) is 6.08 Å². The van der Waals surface area contributed by atoms with Gasteiger partial charge in [-0.1, -0.05) is 80.0 Å². The first-order chi connectivity index (χ1) is 18.0. The number of benzene rings is 1. The number of piperidine rings is 1. The second kappa shape index (κ2) is 13.1. The molecule has 0 spiro atoms. The Morgan fingerprint density at radius 2 is 1.89 bits per heavy atom. The van der Waals surface area contributed by atoms with Gasteiger partial charge >= 0.3 is 6.03 Å². The molecule has 3 nitrogen and oxygen atoms in total. The summed E-state index contributed by atoms with van der Waals surface area (Å²) < 4.78 is 0. The van der Waals surface area contributed by atoms with Crippen molar-refractivity contribution in [2.45, 2.75) is 90.0 Å². The van der Waals surface area contributed by atoms with Gasteiger partial charge in [-0.25, -0.2) is 4.79 Å². The number of carbonyl (C=O) groups excluding carboxylic acids is 1. The van der Waals surface area contributed by atoms with E-state index in [-0.39, 0.29) is 11.9 Å². The van der Waals surface area contributed by atoms with Crippen LogP contribution in [0.4, 0.5) is 4.79 Å². The summed E-state index contributed by atoms with van der Waals surface area (Å²) in [5, 5.41) is 3.32. The zero-order valence-electron chi connectivity index (χ0n) is 23.1. The van der Waals surface area contributed by atoms with Gasteiger partial charge in [0.05, 0.1) is 0 Å². The molecule has 1 aromatic rings. The van der Waals surface area contributed by atoms with Crippen LogP contribution in [-0.4, -0.2) is 30.1 Å². The van der Waals surface area contributed by atoms with Gasteiger partial charge < -0.3 is 10.2 Å². The van der Waals surface area contributed by atoms with E-state index < -0.39 is 0 Å². The van der Waals surface area contributed by atoms with E-state index in [1.807, 2.05) is 6.08 Å². The van der Waals surface area contributed by atoms with Crippen molar-refractivity contribution in [2.75, 3.05) is 13.1 Å². The highest BCUT2D eigenvalue weighted by Gasteiger charge is 2.35. The summed E-state index contributed by atoms with van der Waals surface area (Å²) in [5.74, 6) is 0.742. The van der Waals surface area contributed by atoms with Crippen LogP contribution in [0.2, 0.25) is 0 Å². The van der Waals surface area contributed by atoms with Crippen LogP contribution < -0.4 is 5.32 Å². The number of aryl methyl sites for hydroxylation is 1. The Morgan fingerprint density at radius 3 is 2.59 bits per heavy atom. The van der Waals surface area contributed by atoms with E-state index in [1.54, 1.807) is 0 Å². The van der Waals surface area contributed by atoms with E-state index in [0.717, 1.165) is 58.0 Å². The lowest BCUT2D eigenvalue weighted by atomic mass is 9.73. The largest absolute Gasteiger partial charge is 0.335 e. The molecule has 37 heavy (non-hydrogen) atoms. The van der Waals surface area contributed by atoms with Crippen molar-refractivity contribution >= 4 is 12.1 Å². The number of hydrogen-bond acceptors (Lipinski definition) is 1. The highest BCUT2D eigenvalue weighted by atomic mass is 16.2. The molecule has 3 aliphatic rings. The van der Waals surface area contributed by atoms with Crippen molar-refractivity contribution in [2.24, 2.45) is 5.92 Å². The van der Waals surface area contributed by atoms with Gasteiger partial charge in [-0.15, -0.1) is 6.58 Å². The number of rotatable bonds is 7. The molecule has 2 fully saturated rings. The third-order valence-electron chi connectivity index (χ3n) is 8.52. The predicted octanol–water partition coefficient (Wildman–Crippen LogP) is 8.64. The number of amides is 2. The van der Waals surface area contributed by atoms with Crippen molar-refractivity contribution in [1.82, 2.24) is 10.2 Å². The quantitative estimate of drug-likeness (QED) is 0.296. The van der Waals surface area contributed by atoms with Crippen LogP contribution in [0, 0.1) is 12.8 Å². The fourth-order valence-electron chi connectivity index (χ4n) is 6.47. The lowest BCUT2D eigenvalue weighted by molar-refractivity contribution is 0.160. The molecule has 0 radical (unpaired) electrons. The average molecular weight is 499 g/mol. The third-order valence-corrected chi connectivity index (χ3v) is 8.52. The summed E-state index contributed by atoms with van der Waals surface area (Å²) in [6, 6.07) is 7.42. The van der Waals surface area contributed by atoms with Crippen molar-refractivity contribution in [1.29, 1.82) is 0 Å². The monoisotopic (exact) mass is 498 g/mol. The van der Waals surface area contributed by atoms with Crippen molar-refractivity contribution in [3.8, 4) is 0 Å². The van der Waals surface area contributed by atoms with Crippen LogP contribution in [0.1, 0.15) is 93.7 Å². The minimum Gasteiger partial charge on any atom is -0.335 e. The molecule has 3 heteroatoms. The first kappa shape index (κ1) is 27.2. The van der Waals surface area contributed by atoms with Crippen molar-refractivity contribution < 1.29 is 4.79 Å². The van der Waals surface area contributed by atoms with Gasteiger partial charge in [-0.2, -0.15) is 0 Å². The minimum atomic E-state index is 0.140. The van der Waals surface area contributed by atoms with E-state index in [2.05, 4.69) is 73.1 Å². The van der Waals surface area contributed by atoms with E-state index in [0.29, 0.717) is 12.0 Å². The van der Waals surface area contributed by atoms with Crippen LogP contribution in [-0.2, 0) is 0 Å². The minimum absolute atomic E-state index is 0.140. The molecule has 2 aliphatic carbocycles. The van der Waals surface area contributed by atoms with E-state index in [9.17, 15) is 4.79 Å². The molecule has 2 amide bonds. The molecule has 0 aromatic heterocycles. The second-order valence-corrected chi connectivity index (χ2v) is 11.2. The first-order valence-corrected chi connectivity index (χ1v) is 14.5. The molecule has 1 atom stereocenters. The standard InChI is InChI=1S/C34H46N2O/c1-5-7-10-13-28-24-29-23-25(3)17-18-32(29)33(26(4)31(28)16-8-6-2)27-19-21-36(22-20-27)34(37)35-30-14-11-9-12-15-30/h5-6,8,16-18,23-24,27,30,33H,1,4,7,9-15,19-22H2,2-3H3,(H,35,37)/b8-6-,31-16+. The molecule has 4 rings (SSSR count). The highest BCUT2D eigenvalue weighted by Crippen LogP contribution is 2.46. The van der Waals surface area contributed by atoms with Crippen LogP contribution >= 0.6 is 0 Å². The van der Waals surface area contributed by atoms with E-state index in [1.165, 1.54) is 52.7 Å². The number of likely N-dealkylation sites (tertiary alicyclic amines) is 1. The van der Waals surface area contributed by atoms with Crippen molar-refractivity contribution in [3.05, 3.63) is 89.1 Å². The molecule has 1 saturated heterocycles. The number of unbranched alkanes of at least 4 members (excludes halogenated alkanes) is 1. The molecule has 1 saturated carbocycles. The zero-order valence-corrected chi connectivity index (χ0v) is 23.1. The molecule has 1 aliphatic heterocycles. The normalized spacial score (nSPS) is 22.6. The van der Waals surface area contributed by atoms with Crippen molar-refractivity contribution in [3.63, 3.8) is 0 Å². The molecule has 1 N–H and O–H groups in total. The number of fused-ring (bicyclic) bond motifs is 1. The highest BCUT2D eigenvalue weighted by molar-refractivity contribution is 5.75. The number of carbonyl (C=O) groups is 1. The number of nitrogens with zero attached hydrogens (tertiary/aromatic N) is 1. The fraction of sp³-hybridized carbons (Fsp3) is 0.500. The van der Waals surface area contributed by atoms with Crippen LogP contribution in [0.3, 0.4) is 0 Å². The Kier molecular flexibility index (Phi) is 9.66. The van der Waals surface area contributed by atoms with E-state index in [4.69, 9.17) is 6.58 Å². The summed E-state index contributed by atoms with van der Waals surface area (Å²) in [7, 11) is 0. The maximum atomic E-state index is 13.0. The predicted molar refractivity (Wildman–Crippen MR) is 158 cm³/mol. The summed E-state index contributed by atoms with van der Waals surface area (Å²) in [5.41, 5.74) is 7.92. The topological polar surface area (TPSA) is 32.3 Å². The smallest absolute Gasteiger partial charge is 0.317 e. The Balaban J connectivity index is 1.56. The lowest BCUT2D eigenvalue weighted by Gasteiger charge is -2.38. The SMILES string of the molecule is C=CCCCC1=Cc2cc(C)ccc2C(C2CCN(C(=O)NC3CCCCC3)CC2)C(=C)/C1=C\C=C/C. The van der Waals surface area contributed by atoms with Gasteiger partial charge in [0.2, 0.25) is 0 Å². The van der Waals surface area contributed by atoms with Gasteiger partial charge in [0.15, 0.2) is 0 Å². The summed E-state index contributed by atoms with van der Waals surface area (Å²) in [4.78, 5) is 15.1. The number of hydrogen-bond donors (Lipinski definition) is 1. The average Bonchev–Trinajstić information content (AvgIpc) is 3.01. The molecule has 1 heterocycles. The molecule has 0 bridgehead atoms. The number of urea groups is 1. The number of allylic oxidation sites excluding steroid dienone is 7. The molecular formula is C34H46N2O. The zero-order chi connectivity index (χ0) is 26.2. The van der Waals surface area contributed by atoms with Crippen LogP contribution in [0.5, 0.6) is 0 Å². The van der Waals surface area contributed by atoms with Gasteiger partial charge in [-0.3, -0.25) is 0 Å². The maximum absolute atomic E-state index is 13.0. The lowest BCUT2D eigenvalue weighted by Crippen LogP contribution is -2.48. The summed E-state index contributed by atoms with van der Waals surface area (Å²) in [6.45, 7) is 14.6. The van der Waals surface area contributed by atoms with Gasteiger partial charge in [-0.05, 0) is 92.6 Å². The molecule has 1 aromatic carbocycles. The summed E-state index contributed by atoms with van der Waals surface area (Å²) >= 11 is 0. The second-order valence-electron chi connectivity index (χ2n) is 11.2. The van der Waals surface area contributed by atoms with E-state index >= 15 is 0 Å².